The molecule has 0 radical (unpaired) electrons. The molecule has 0 saturated heterocycles. The number of carbonyl (C=O) groups is 1. The Labute approximate surface area is 102 Å². The van der Waals surface area contributed by atoms with E-state index in [4.69, 9.17) is 5.73 Å². The van der Waals surface area contributed by atoms with Crippen LogP contribution in [0.2, 0.25) is 0 Å². The normalized spacial score (nSPS) is 23.3. The maximum atomic E-state index is 12.7. The number of nitrogens with one attached hydrogen (secondary N) is 1. The van der Waals surface area contributed by atoms with Crippen LogP contribution >= 0.6 is 0 Å². The third kappa shape index (κ3) is 2.64. The number of nitrogens with two attached hydrogens (primary N) is 1. The van der Waals surface area contributed by atoms with Gasteiger partial charge in [0.05, 0.1) is 11.3 Å². The summed E-state index contributed by atoms with van der Waals surface area (Å²) >= 11 is 0. The van der Waals surface area contributed by atoms with Gasteiger partial charge in [-0.2, -0.15) is 13.2 Å². The van der Waals surface area contributed by atoms with E-state index in [1.807, 2.05) is 0 Å². The van der Waals surface area contributed by atoms with Crippen LogP contribution < -0.4 is 11.1 Å². The lowest BCUT2D eigenvalue weighted by Crippen LogP contribution is -2.42. The van der Waals surface area contributed by atoms with Crippen molar-refractivity contribution in [3.8, 4) is 0 Å². The third-order valence-electron chi connectivity index (χ3n) is 3.04. The molecule has 1 fully saturated rings. The second-order valence-electron chi connectivity index (χ2n) is 4.46. The molecule has 6 heteroatoms. The van der Waals surface area contributed by atoms with Crippen molar-refractivity contribution in [2.24, 2.45) is 11.7 Å². The largest absolute Gasteiger partial charge is 0.418 e. The van der Waals surface area contributed by atoms with Crippen LogP contribution in [0.25, 0.3) is 0 Å². The van der Waals surface area contributed by atoms with E-state index in [0.717, 1.165) is 6.07 Å². The maximum absolute atomic E-state index is 12.7. The highest BCUT2D eigenvalue weighted by Crippen LogP contribution is 2.35. The molecule has 1 saturated carbocycles. The molecular formula is C12H13F3N2O. The fourth-order valence-electron chi connectivity index (χ4n) is 1.95. The van der Waals surface area contributed by atoms with Gasteiger partial charge >= 0.3 is 6.18 Å². The van der Waals surface area contributed by atoms with Crippen LogP contribution in [0.3, 0.4) is 0 Å². The number of benzene rings is 1. The summed E-state index contributed by atoms with van der Waals surface area (Å²) < 4.78 is 38.1. The molecule has 0 aromatic heterocycles. The van der Waals surface area contributed by atoms with Crippen LogP contribution in [-0.2, 0) is 11.0 Å². The zero-order valence-electron chi connectivity index (χ0n) is 9.50. The zero-order valence-corrected chi connectivity index (χ0v) is 9.50. The lowest BCUT2D eigenvalue weighted by atomic mass is 9.80. The van der Waals surface area contributed by atoms with Crippen molar-refractivity contribution in [3.63, 3.8) is 0 Å². The van der Waals surface area contributed by atoms with E-state index in [0.29, 0.717) is 12.8 Å². The van der Waals surface area contributed by atoms with E-state index < -0.39 is 17.6 Å². The van der Waals surface area contributed by atoms with Crippen molar-refractivity contribution in [2.75, 3.05) is 5.32 Å². The molecule has 1 aromatic rings. The quantitative estimate of drug-likeness (QED) is 0.855. The average molecular weight is 258 g/mol. The van der Waals surface area contributed by atoms with E-state index in [2.05, 4.69) is 5.32 Å². The summed E-state index contributed by atoms with van der Waals surface area (Å²) in [6.07, 6.45) is -3.42. The lowest BCUT2D eigenvalue weighted by Gasteiger charge is -2.31. The molecule has 98 valence electrons. The van der Waals surface area contributed by atoms with Crippen LogP contribution in [0.1, 0.15) is 18.4 Å². The van der Waals surface area contributed by atoms with Gasteiger partial charge in [-0.1, -0.05) is 12.1 Å². The number of para-hydroxylation sites is 1. The molecule has 0 unspecified atom stereocenters. The summed E-state index contributed by atoms with van der Waals surface area (Å²) in [5.74, 6) is -0.672. The summed E-state index contributed by atoms with van der Waals surface area (Å²) in [4.78, 5) is 11.7. The Kier molecular flexibility index (Phi) is 3.30. The number of halogens is 3. The molecule has 3 nitrogen and oxygen atoms in total. The van der Waals surface area contributed by atoms with Crippen molar-refractivity contribution in [2.45, 2.75) is 25.1 Å². The third-order valence-corrected chi connectivity index (χ3v) is 3.04. The monoisotopic (exact) mass is 258 g/mol. The minimum absolute atomic E-state index is 0.0152. The first kappa shape index (κ1) is 12.9. The van der Waals surface area contributed by atoms with Crippen LogP contribution in [-0.4, -0.2) is 11.9 Å². The molecule has 1 aromatic carbocycles. The summed E-state index contributed by atoms with van der Waals surface area (Å²) in [6.45, 7) is 0. The highest BCUT2D eigenvalue weighted by atomic mass is 19.4. The molecule has 0 bridgehead atoms. The minimum atomic E-state index is -4.47. The van der Waals surface area contributed by atoms with Gasteiger partial charge in [0.1, 0.15) is 0 Å². The highest BCUT2D eigenvalue weighted by Gasteiger charge is 2.36. The standard InChI is InChI=1S/C12H13F3N2O/c13-12(14,15)9-3-1-2-4-10(9)17-11(18)7-5-8(16)6-7/h1-4,7-8H,5-6,16H2,(H,17,18). The van der Waals surface area contributed by atoms with Gasteiger partial charge in [0, 0.05) is 12.0 Å². The fourth-order valence-corrected chi connectivity index (χ4v) is 1.95. The predicted molar refractivity (Wildman–Crippen MR) is 60.8 cm³/mol. The van der Waals surface area contributed by atoms with Crippen molar-refractivity contribution in [1.82, 2.24) is 0 Å². The summed E-state index contributed by atoms with van der Waals surface area (Å²) in [7, 11) is 0. The molecule has 0 heterocycles. The van der Waals surface area contributed by atoms with Gasteiger partial charge in [0.15, 0.2) is 0 Å². The van der Waals surface area contributed by atoms with Crippen LogP contribution in [0.5, 0.6) is 0 Å². The van der Waals surface area contributed by atoms with Crippen molar-refractivity contribution in [3.05, 3.63) is 29.8 Å². The number of amides is 1. The minimum Gasteiger partial charge on any atom is -0.328 e. The molecule has 1 aliphatic rings. The SMILES string of the molecule is NC1CC(C(=O)Nc2ccccc2C(F)(F)F)C1. The van der Waals surface area contributed by atoms with Gasteiger partial charge in [0.25, 0.3) is 0 Å². The first-order valence-corrected chi connectivity index (χ1v) is 5.60. The topological polar surface area (TPSA) is 55.1 Å². The Hall–Kier alpha value is -1.56. The van der Waals surface area contributed by atoms with E-state index in [9.17, 15) is 18.0 Å². The van der Waals surface area contributed by atoms with Crippen molar-refractivity contribution < 1.29 is 18.0 Å². The Morgan fingerprint density at radius 3 is 2.44 bits per heavy atom. The second-order valence-corrected chi connectivity index (χ2v) is 4.46. The first-order chi connectivity index (χ1) is 8.38. The molecule has 1 aliphatic carbocycles. The van der Waals surface area contributed by atoms with Gasteiger partial charge in [-0.25, -0.2) is 0 Å². The molecule has 18 heavy (non-hydrogen) atoms. The van der Waals surface area contributed by atoms with Gasteiger partial charge in [-0.05, 0) is 25.0 Å². The summed E-state index contributed by atoms with van der Waals surface area (Å²) in [6, 6.07) is 4.93. The molecule has 0 spiro atoms. The van der Waals surface area contributed by atoms with Crippen molar-refractivity contribution >= 4 is 11.6 Å². The second kappa shape index (κ2) is 4.61. The fraction of sp³-hybridized carbons (Fsp3) is 0.417. The van der Waals surface area contributed by atoms with E-state index in [1.54, 1.807) is 0 Å². The van der Waals surface area contributed by atoms with Crippen LogP contribution in [0.15, 0.2) is 24.3 Å². The molecule has 2 rings (SSSR count). The number of carbonyl (C=O) groups excluding carboxylic acids is 1. The Balaban J connectivity index is 2.12. The zero-order chi connectivity index (χ0) is 13.3. The average Bonchev–Trinajstić information content (AvgIpc) is 2.24. The van der Waals surface area contributed by atoms with Crippen molar-refractivity contribution in [1.29, 1.82) is 0 Å². The summed E-state index contributed by atoms with van der Waals surface area (Å²) in [5, 5.41) is 2.33. The molecule has 0 aliphatic heterocycles. The molecular weight excluding hydrogens is 245 g/mol. The number of rotatable bonds is 2. The summed E-state index contributed by atoms with van der Waals surface area (Å²) in [5.41, 5.74) is 4.51. The maximum Gasteiger partial charge on any atom is 0.418 e. The van der Waals surface area contributed by atoms with E-state index in [1.165, 1.54) is 18.2 Å². The van der Waals surface area contributed by atoms with Gasteiger partial charge in [-0.3, -0.25) is 4.79 Å². The smallest absolute Gasteiger partial charge is 0.328 e. The Bertz CT molecular complexity index is 453. The predicted octanol–water partition coefficient (Wildman–Crippen LogP) is 2.38. The molecule has 1 amide bonds. The van der Waals surface area contributed by atoms with Crippen LogP contribution in [0, 0.1) is 5.92 Å². The number of hydrogen-bond acceptors (Lipinski definition) is 2. The highest BCUT2D eigenvalue weighted by molar-refractivity contribution is 5.94. The van der Waals surface area contributed by atoms with E-state index >= 15 is 0 Å². The van der Waals surface area contributed by atoms with Gasteiger partial charge in [-0.15, -0.1) is 0 Å². The Morgan fingerprint density at radius 1 is 1.28 bits per heavy atom. The number of alkyl halides is 3. The van der Waals surface area contributed by atoms with Crippen LogP contribution in [0.4, 0.5) is 18.9 Å². The first-order valence-electron chi connectivity index (χ1n) is 5.60. The number of hydrogen-bond donors (Lipinski definition) is 2. The molecule has 3 N–H and O–H groups in total. The van der Waals surface area contributed by atoms with Gasteiger partial charge in [0.2, 0.25) is 5.91 Å². The lowest BCUT2D eigenvalue weighted by molar-refractivity contribution is -0.137. The van der Waals surface area contributed by atoms with E-state index in [-0.39, 0.29) is 17.6 Å². The molecule has 0 atom stereocenters. The number of anilines is 1. The van der Waals surface area contributed by atoms with Gasteiger partial charge < -0.3 is 11.1 Å². The Morgan fingerprint density at radius 2 is 1.89 bits per heavy atom.